The van der Waals surface area contributed by atoms with Gasteiger partial charge in [0, 0.05) is 6.61 Å². The predicted octanol–water partition coefficient (Wildman–Crippen LogP) is 2.39. The third-order valence-electron chi connectivity index (χ3n) is 2.94. The summed E-state index contributed by atoms with van der Waals surface area (Å²) in [6, 6.07) is 0. The van der Waals surface area contributed by atoms with Crippen LogP contribution in [0.4, 0.5) is 0 Å². The molecule has 2 heteroatoms. The van der Waals surface area contributed by atoms with Gasteiger partial charge < -0.3 is 5.11 Å². The molecule has 72 valence electrons. The van der Waals surface area contributed by atoms with Crippen LogP contribution in [0.25, 0.3) is 0 Å². The molecule has 1 aliphatic heterocycles. The van der Waals surface area contributed by atoms with Crippen molar-refractivity contribution in [2.24, 2.45) is 17.8 Å². The Hall–Kier alpha value is 0.310. The van der Waals surface area contributed by atoms with Crippen LogP contribution in [0, 0.1) is 17.8 Å². The van der Waals surface area contributed by atoms with Crippen molar-refractivity contribution in [2.75, 3.05) is 18.1 Å². The lowest BCUT2D eigenvalue weighted by Gasteiger charge is -2.31. The third kappa shape index (κ3) is 2.67. The summed E-state index contributed by atoms with van der Waals surface area (Å²) in [6.45, 7) is 4.83. The number of hydrogen-bond donors (Lipinski definition) is 1. The molecule has 0 radical (unpaired) electrons. The molecule has 0 bridgehead atoms. The fraction of sp³-hybridized carbons (Fsp3) is 1.00. The Morgan fingerprint density at radius 1 is 1.33 bits per heavy atom. The molecule has 1 heterocycles. The monoisotopic (exact) mass is 188 g/mol. The maximum atomic E-state index is 9.24. The van der Waals surface area contributed by atoms with E-state index in [2.05, 4.69) is 25.6 Å². The lowest BCUT2D eigenvalue weighted by molar-refractivity contribution is 0.129. The van der Waals surface area contributed by atoms with Crippen molar-refractivity contribution >= 4 is 11.8 Å². The number of thioether (sulfide) groups is 1. The van der Waals surface area contributed by atoms with Gasteiger partial charge in [0.1, 0.15) is 0 Å². The molecule has 1 saturated heterocycles. The van der Waals surface area contributed by atoms with E-state index in [0.29, 0.717) is 18.4 Å². The first-order chi connectivity index (χ1) is 5.75. The van der Waals surface area contributed by atoms with E-state index in [1.54, 1.807) is 0 Å². The molecular formula is C10H20OS. The Morgan fingerprint density at radius 2 is 1.92 bits per heavy atom. The van der Waals surface area contributed by atoms with Crippen LogP contribution >= 0.6 is 11.8 Å². The summed E-state index contributed by atoms with van der Waals surface area (Å²) in [5.74, 6) is 4.58. The van der Waals surface area contributed by atoms with Crippen LogP contribution in [0.2, 0.25) is 0 Å². The largest absolute Gasteiger partial charge is 0.396 e. The molecule has 0 aliphatic carbocycles. The van der Waals surface area contributed by atoms with Gasteiger partial charge in [-0.2, -0.15) is 11.8 Å². The minimum Gasteiger partial charge on any atom is -0.396 e. The molecule has 1 fully saturated rings. The van der Waals surface area contributed by atoms with Gasteiger partial charge in [-0.1, -0.05) is 13.8 Å². The number of aliphatic hydroxyl groups is 1. The molecule has 0 amide bonds. The van der Waals surface area contributed by atoms with Gasteiger partial charge in [-0.25, -0.2) is 0 Å². The first kappa shape index (κ1) is 10.4. The highest BCUT2D eigenvalue weighted by molar-refractivity contribution is 7.99. The highest BCUT2D eigenvalue weighted by Gasteiger charge is 2.25. The molecule has 1 atom stereocenters. The summed E-state index contributed by atoms with van der Waals surface area (Å²) >= 11 is 2.06. The van der Waals surface area contributed by atoms with E-state index < -0.39 is 0 Å². The SMILES string of the molecule is CC(C)C(CO)C1CCSCC1. The van der Waals surface area contributed by atoms with E-state index in [1.165, 1.54) is 24.3 Å². The van der Waals surface area contributed by atoms with Crippen LogP contribution < -0.4 is 0 Å². The first-order valence-electron chi connectivity index (χ1n) is 4.94. The predicted molar refractivity (Wildman–Crippen MR) is 55.5 cm³/mol. The third-order valence-corrected chi connectivity index (χ3v) is 3.99. The summed E-state index contributed by atoms with van der Waals surface area (Å²) in [7, 11) is 0. The summed E-state index contributed by atoms with van der Waals surface area (Å²) < 4.78 is 0. The molecule has 1 unspecified atom stereocenters. The van der Waals surface area contributed by atoms with E-state index in [4.69, 9.17) is 0 Å². The average Bonchev–Trinajstić information content (AvgIpc) is 2.07. The second kappa shape index (κ2) is 5.13. The summed E-state index contributed by atoms with van der Waals surface area (Å²) in [4.78, 5) is 0. The lowest BCUT2D eigenvalue weighted by atomic mass is 9.81. The van der Waals surface area contributed by atoms with Crippen LogP contribution in [-0.4, -0.2) is 23.2 Å². The zero-order valence-corrected chi connectivity index (χ0v) is 8.94. The summed E-state index contributed by atoms with van der Waals surface area (Å²) in [5, 5.41) is 9.24. The Morgan fingerprint density at radius 3 is 2.33 bits per heavy atom. The van der Waals surface area contributed by atoms with E-state index in [-0.39, 0.29) is 0 Å². The first-order valence-corrected chi connectivity index (χ1v) is 6.09. The van der Waals surface area contributed by atoms with Gasteiger partial charge in [-0.15, -0.1) is 0 Å². The van der Waals surface area contributed by atoms with Crippen LogP contribution in [0.3, 0.4) is 0 Å². The van der Waals surface area contributed by atoms with Crippen molar-refractivity contribution in [1.29, 1.82) is 0 Å². The number of aliphatic hydroxyl groups excluding tert-OH is 1. The maximum absolute atomic E-state index is 9.24. The molecule has 1 aliphatic rings. The van der Waals surface area contributed by atoms with Crippen molar-refractivity contribution in [1.82, 2.24) is 0 Å². The highest BCUT2D eigenvalue weighted by atomic mass is 32.2. The van der Waals surface area contributed by atoms with Crippen molar-refractivity contribution in [3.05, 3.63) is 0 Å². The second-order valence-electron chi connectivity index (χ2n) is 4.04. The van der Waals surface area contributed by atoms with E-state index in [0.717, 1.165) is 5.92 Å². The van der Waals surface area contributed by atoms with Crippen LogP contribution in [0.1, 0.15) is 26.7 Å². The Labute approximate surface area is 79.9 Å². The topological polar surface area (TPSA) is 20.2 Å². The molecule has 0 aromatic carbocycles. The number of rotatable bonds is 3. The highest BCUT2D eigenvalue weighted by Crippen LogP contribution is 2.32. The van der Waals surface area contributed by atoms with E-state index in [1.807, 2.05) is 0 Å². The van der Waals surface area contributed by atoms with Gasteiger partial charge in [0.05, 0.1) is 0 Å². The standard InChI is InChI=1S/C10H20OS/c1-8(2)10(7-11)9-3-5-12-6-4-9/h8-11H,3-7H2,1-2H3. The van der Waals surface area contributed by atoms with Crippen LogP contribution in [-0.2, 0) is 0 Å². The zero-order chi connectivity index (χ0) is 8.97. The summed E-state index contributed by atoms with van der Waals surface area (Å²) in [5.41, 5.74) is 0. The molecular weight excluding hydrogens is 168 g/mol. The fourth-order valence-electron chi connectivity index (χ4n) is 2.05. The van der Waals surface area contributed by atoms with Crippen molar-refractivity contribution in [3.8, 4) is 0 Å². The minimum absolute atomic E-state index is 0.382. The van der Waals surface area contributed by atoms with Gasteiger partial charge in [-0.3, -0.25) is 0 Å². The molecule has 1 rings (SSSR count). The zero-order valence-electron chi connectivity index (χ0n) is 8.12. The second-order valence-corrected chi connectivity index (χ2v) is 5.26. The lowest BCUT2D eigenvalue weighted by Crippen LogP contribution is -2.26. The van der Waals surface area contributed by atoms with Gasteiger partial charge in [-0.05, 0) is 42.1 Å². The molecule has 0 spiro atoms. The Balaban J connectivity index is 2.40. The Kier molecular flexibility index (Phi) is 4.44. The maximum Gasteiger partial charge on any atom is 0.0464 e. The van der Waals surface area contributed by atoms with Crippen molar-refractivity contribution in [3.63, 3.8) is 0 Å². The Bertz CT molecular complexity index is 119. The van der Waals surface area contributed by atoms with E-state index in [9.17, 15) is 5.11 Å². The van der Waals surface area contributed by atoms with Crippen LogP contribution in [0.15, 0.2) is 0 Å². The smallest absolute Gasteiger partial charge is 0.0464 e. The fourth-order valence-corrected chi connectivity index (χ4v) is 3.19. The molecule has 0 saturated carbocycles. The van der Waals surface area contributed by atoms with Gasteiger partial charge >= 0.3 is 0 Å². The molecule has 0 aromatic rings. The van der Waals surface area contributed by atoms with Crippen molar-refractivity contribution in [2.45, 2.75) is 26.7 Å². The molecule has 12 heavy (non-hydrogen) atoms. The van der Waals surface area contributed by atoms with E-state index >= 15 is 0 Å². The van der Waals surface area contributed by atoms with Gasteiger partial charge in [0.25, 0.3) is 0 Å². The normalized spacial score (nSPS) is 23.0. The summed E-state index contributed by atoms with van der Waals surface area (Å²) in [6.07, 6.45) is 2.63. The minimum atomic E-state index is 0.382. The quantitative estimate of drug-likeness (QED) is 0.734. The van der Waals surface area contributed by atoms with Crippen LogP contribution in [0.5, 0.6) is 0 Å². The van der Waals surface area contributed by atoms with Gasteiger partial charge in [0.15, 0.2) is 0 Å². The molecule has 1 N–H and O–H groups in total. The molecule has 0 aromatic heterocycles. The average molecular weight is 188 g/mol. The van der Waals surface area contributed by atoms with Crippen molar-refractivity contribution < 1.29 is 5.11 Å². The number of hydrogen-bond acceptors (Lipinski definition) is 2. The molecule has 1 nitrogen and oxygen atoms in total. The van der Waals surface area contributed by atoms with Gasteiger partial charge in [0.2, 0.25) is 0 Å².